The van der Waals surface area contributed by atoms with Gasteiger partial charge in [-0.1, -0.05) is 0 Å². The second kappa shape index (κ2) is 1.94. The summed E-state index contributed by atoms with van der Waals surface area (Å²) < 4.78 is 5.31. The van der Waals surface area contributed by atoms with Gasteiger partial charge in [0.2, 0.25) is 0 Å². The van der Waals surface area contributed by atoms with Crippen LogP contribution >= 0.6 is 0 Å². The van der Waals surface area contributed by atoms with Crippen LogP contribution in [-0.4, -0.2) is 39.4 Å². The van der Waals surface area contributed by atoms with Crippen molar-refractivity contribution < 1.29 is 0 Å². The van der Waals surface area contributed by atoms with E-state index < -0.39 is 16.8 Å². The Bertz CT molecular complexity index is 126. The molecule has 1 aliphatic rings. The minimum absolute atomic E-state index is 1.06. The molecule has 0 aromatic rings. The van der Waals surface area contributed by atoms with Crippen molar-refractivity contribution in [2.24, 2.45) is 0 Å². The summed E-state index contributed by atoms with van der Waals surface area (Å²) in [6, 6.07) is 0. The molecule has 60 valence electrons. The van der Waals surface area contributed by atoms with E-state index in [9.17, 15) is 0 Å². The predicted molar refractivity (Wildman–Crippen MR) is 50.5 cm³/mol. The molecule has 0 radical (unpaired) electrons. The van der Waals surface area contributed by atoms with Gasteiger partial charge in [-0.15, -0.1) is 0 Å². The van der Waals surface area contributed by atoms with Gasteiger partial charge in [-0.05, 0) is 40.3 Å². The molecule has 1 rings (SSSR count). The lowest BCUT2D eigenvalue weighted by molar-refractivity contribution is 0.484. The van der Waals surface area contributed by atoms with Gasteiger partial charge in [0, 0.05) is 0 Å². The molecular weight excluding hydrogens is 156 g/mol. The van der Waals surface area contributed by atoms with Gasteiger partial charge in [0.25, 0.3) is 0 Å². The van der Waals surface area contributed by atoms with Crippen molar-refractivity contribution in [3.05, 3.63) is 0 Å². The monoisotopic (exact) mass is 174 g/mol. The van der Waals surface area contributed by atoms with Gasteiger partial charge in [0.15, 0.2) is 16.8 Å². The molecule has 0 N–H and O–H groups in total. The number of rotatable bonds is 0. The van der Waals surface area contributed by atoms with Crippen molar-refractivity contribution in [2.75, 3.05) is 14.1 Å². The summed E-state index contributed by atoms with van der Waals surface area (Å²) in [7, 11) is 2.45. The third-order valence-corrected chi connectivity index (χ3v) is 16.4. The summed E-state index contributed by atoms with van der Waals surface area (Å²) in [6.45, 7) is 9.63. The number of nitrogens with zero attached hydrogens (tertiary/aromatic N) is 2. The molecule has 0 saturated carbocycles. The number of hydrogen-bond acceptors (Lipinski definition) is 2. The van der Waals surface area contributed by atoms with Crippen molar-refractivity contribution in [1.82, 2.24) is 8.46 Å². The van der Waals surface area contributed by atoms with Crippen molar-refractivity contribution in [2.45, 2.75) is 26.2 Å². The van der Waals surface area contributed by atoms with Crippen LogP contribution in [0.4, 0.5) is 0 Å². The van der Waals surface area contributed by atoms with Crippen molar-refractivity contribution in [3.63, 3.8) is 0 Å². The molecule has 0 aromatic carbocycles. The van der Waals surface area contributed by atoms with E-state index in [0.717, 1.165) is 0 Å². The number of hydrogen-bond donors (Lipinski definition) is 0. The highest BCUT2D eigenvalue weighted by atomic mass is 28.5. The molecule has 10 heavy (non-hydrogen) atoms. The van der Waals surface area contributed by atoms with Crippen LogP contribution in [0.25, 0.3) is 0 Å². The standard InChI is InChI=1S/C6H18N2Si2/c1-7-9(3,4)8(2)10(7,5)6/h1-6H3. The molecular formula is C6H18N2Si2. The quantitative estimate of drug-likeness (QED) is 0.510. The molecule has 1 aliphatic heterocycles. The Balaban J connectivity index is 2.78. The van der Waals surface area contributed by atoms with Crippen LogP contribution in [0.5, 0.6) is 0 Å². The first-order chi connectivity index (χ1) is 4.31. The Morgan fingerprint density at radius 1 is 0.700 bits per heavy atom. The summed E-state index contributed by atoms with van der Waals surface area (Å²) >= 11 is 0. The SMILES string of the molecule is CN1[Si](C)(C)N(C)[Si]1(C)C. The second-order valence-corrected chi connectivity index (χ2v) is 13.7. The molecule has 0 aliphatic carbocycles. The van der Waals surface area contributed by atoms with Crippen molar-refractivity contribution in [3.8, 4) is 0 Å². The molecule has 0 unspecified atom stereocenters. The van der Waals surface area contributed by atoms with E-state index in [4.69, 9.17) is 0 Å². The van der Waals surface area contributed by atoms with E-state index in [0.29, 0.717) is 0 Å². The van der Waals surface area contributed by atoms with E-state index in [-0.39, 0.29) is 0 Å². The molecule has 1 heterocycles. The Kier molecular flexibility index (Phi) is 1.64. The van der Waals surface area contributed by atoms with Crippen LogP contribution in [0.1, 0.15) is 0 Å². The highest BCUT2D eigenvalue weighted by Gasteiger charge is 2.56. The Morgan fingerprint density at radius 3 is 1.00 bits per heavy atom. The van der Waals surface area contributed by atoms with E-state index in [1.165, 1.54) is 0 Å². The van der Waals surface area contributed by atoms with Gasteiger partial charge < -0.3 is 8.46 Å². The first-order valence-corrected chi connectivity index (χ1v) is 9.58. The van der Waals surface area contributed by atoms with Crippen molar-refractivity contribution in [1.29, 1.82) is 0 Å². The van der Waals surface area contributed by atoms with Gasteiger partial charge in [0.1, 0.15) is 0 Å². The van der Waals surface area contributed by atoms with Gasteiger partial charge in [-0.3, -0.25) is 0 Å². The van der Waals surface area contributed by atoms with Gasteiger partial charge in [0.05, 0.1) is 0 Å². The second-order valence-electron chi connectivity index (χ2n) is 4.11. The summed E-state index contributed by atoms with van der Waals surface area (Å²) in [5, 5.41) is 0. The van der Waals surface area contributed by atoms with Gasteiger partial charge >= 0.3 is 0 Å². The van der Waals surface area contributed by atoms with E-state index in [2.05, 4.69) is 48.7 Å². The minimum Gasteiger partial charge on any atom is -0.325 e. The van der Waals surface area contributed by atoms with Crippen LogP contribution in [0, 0.1) is 0 Å². The first-order valence-electron chi connectivity index (χ1n) is 3.79. The van der Waals surface area contributed by atoms with E-state index in [1.54, 1.807) is 0 Å². The molecule has 0 amide bonds. The largest absolute Gasteiger partial charge is 0.325 e. The fourth-order valence-corrected chi connectivity index (χ4v) is 14.5. The third-order valence-electron chi connectivity index (χ3n) is 3.28. The maximum atomic E-state index is 2.65. The highest BCUT2D eigenvalue weighted by molar-refractivity contribution is 7.03. The summed E-state index contributed by atoms with van der Waals surface area (Å²) in [5.41, 5.74) is 0. The maximum Gasteiger partial charge on any atom is 0.188 e. The van der Waals surface area contributed by atoms with Crippen LogP contribution in [0.3, 0.4) is 0 Å². The Hall–Kier alpha value is 0.354. The third kappa shape index (κ3) is 0.762. The summed E-state index contributed by atoms with van der Waals surface area (Å²) in [5.74, 6) is 0. The van der Waals surface area contributed by atoms with Crippen LogP contribution in [0.15, 0.2) is 0 Å². The lowest BCUT2D eigenvalue weighted by Gasteiger charge is -2.64. The highest BCUT2D eigenvalue weighted by Crippen LogP contribution is 2.34. The zero-order valence-electron chi connectivity index (χ0n) is 7.89. The predicted octanol–water partition coefficient (Wildman–Crippen LogP) is 1.27. The van der Waals surface area contributed by atoms with Crippen LogP contribution < -0.4 is 0 Å². The van der Waals surface area contributed by atoms with Crippen LogP contribution in [0.2, 0.25) is 26.2 Å². The first kappa shape index (κ1) is 8.45. The zero-order valence-corrected chi connectivity index (χ0v) is 9.89. The summed E-state index contributed by atoms with van der Waals surface area (Å²) in [4.78, 5) is 0. The average Bonchev–Trinajstić information content (AvgIpc) is 1.84. The molecule has 4 heteroatoms. The minimum atomic E-state index is -1.06. The van der Waals surface area contributed by atoms with Gasteiger partial charge in [-0.25, -0.2) is 0 Å². The average molecular weight is 174 g/mol. The lowest BCUT2D eigenvalue weighted by atomic mass is 11.5. The van der Waals surface area contributed by atoms with E-state index in [1.807, 2.05) is 0 Å². The van der Waals surface area contributed by atoms with Gasteiger partial charge in [-0.2, -0.15) is 0 Å². The maximum absolute atomic E-state index is 2.65. The summed E-state index contributed by atoms with van der Waals surface area (Å²) in [6.07, 6.45) is 0. The normalized spacial score (nSPS) is 31.8. The Morgan fingerprint density at radius 2 is 0.900 bits per heavy atom. The molecule has 2 nitrogen and oxygen atoms in total. The molecule has 1 saturated heterocycles. The lowest BCUT2D eigenvalue weighted by Crippen LogP contribution is -2.87. The zero-order chi connectivity index (χ0) is 8.15. The Labute approximate surface area is 66.2 Å². The van der Waals surface area contributed by atoms with Crippen molar-refractivity contribution >= 4 is 16.8 Å². The topological polar surface area (TPSA) is 6.48 Å². The fourth-order valence-electron chi connectivity index (χ4n) is 1.74. The van der Waals surface area contributed by atoms with E-state index >= 15 is 0 Å². The molecule has 0 bridgehead atoms. The van der Waals surface area contributed by atoms with Crippen LogP contribution in [-0.2, 0) is 0 Å². The molecule has 0 atom stereocenters. The molecule has 0 spiro atoms. The molecule has 1 fully saturated rings. The fraction of sp³-hybridized carbons (Fsp3) is 1.00. The molecule has 0 aromatic heterocycles. The smallest absolute Gasteiger partial charge is 0.188 e.